The molecular weight excluding hydrogens is 313 g/mol. The normalized spacial score (nSPS) is 13.2. The molecular formula is C11H17F3N2O2S2. The van der Waals surface area contributed by atoms with Crippen molar-refractivity contribution < 1.29 is 21.6 Å². The quantitative estimate of drug-likeness (QED) is 0.871. The van der Waals surface area contributed by atoms with Crippen LogP contribution in [0.15, 0.2) is 11.0 Å². The lowest BCUT2D eigenvalue weighted by atomic mass is 10.4. The first kappa shape index (κ1) is 17.4. The molecule has 0 bridgehead atoms. The summed E-state index contributed by atoms with van der Waals surface area (Å²) >= 11 is 1.26. The van der Waals surface area contributed by atoms with Crippen molar-refractivity contribution in [1.82, 2.24) is 9.62 Å². The fraction of sp³-hybridized carbons (Fsp3) is 0.636. The van der Waals surface area contributed by atoms with Gasteiger partial charge in [0.15, 0.2) is 0 Å². The Bertz CT molecular complexity index is 553. The summed E-state index contributed by atoms with van der Waals surface area (Å²) in [4.78, 5) is 1.22. The van der Waals surface area contributed by atoms with Crippen molar-refractivity contribution in [1.29, 1.82) is 0 Å². The van der Waals surface area contributed by atoms with E-state index in [1.54, 1.807) is 14.0 Å². The summed E-state index contributed by atoms with van der Waals surface area (Å²) in [7, 11) is -2.40. The van der Waals surface area contributed by atoms with Crippen molar-refractivity contribution in [2.24, 2.45) is 0 Å². The molecule has 0 saturated heterocycles. The molecule has 0 aliphatic heterocycles. The Kier molecular flexibility index (Phi) is 5.59. The number of nitrogens with one attached hydrogen (secondary N) is 1. The van der Waals surface area contributed by atoms with Crippen LogP contribution >= 0.6 is 11.3 Å². The Morgan fingerprint density at radius 2 is 2.00 bits per heavy atom. The molecule has 1 heterocycles. The molecule has 0 aliphatic rings. The van der Waals surface area contributed by atoms with E-state index in [4.69, 9.17) is 0 Å². The van der Waals surface area contributed by atoms with Gasteiger partial charge >= 0.3 is 6.18 Å². The minimum absolute atomic E-state index is 0.0427. The zero-order valence-electron chi connectivity index (χ0n) is 11.4. The summed E-state index contributed by atoms with van der Waals surface area (Å²) in [6, 6.07) is 1.44. The van der Waals surface area contributed by atoms with E-state index in [1.165, 1.54) is 24.3 Å². The maximum Gasteiger partial charge on any atom is 0.402 e. The van der Waals surface area contributed by atoms with Gasteiger partial charge in [-0.2, -0.15) is 17.5 Å². The minimum atomic E-state index is -4.55. The lowest BCUT2D eigenvalue weighted by Crippen LogP contribution is -2.38. The standard InChI is InChI=1S/C11H17F3N2O2S2/c1-4-16(7-11(12,13)14)20(17,18)10-5-9(6-15-3)19-8(10)2/h5,15H,4,6-7H2,1-3H3. The molecule has 0 unspecified atom stereocenters. The lowest BCUT2D eigenvalue weighted by Gasteiger charge is -2.21. The van der Waals surface area contributed by atoms with Gasteiger partial charge in [0.1, 0.15) is 6.54 Å². The molecule has 0 spiro atoms. The molecule has 0 saturated carbocycles. The van der Waals surface area contributed by atoms with Crippen LogP contribution in [0.5, 0.6) is 0 Å². The van der Waals surface area contributed by atoms with Gasteiger partial charge < -0.3 is 5.32 Å². The Labute approximate surface area is 120 Å². The summed E-state index contributed by atoms with van der Waals surface area (Å²) in [5.74, 6) is 0. The van der Waals surface area contributed by atoms with Gasteiger partial charge in [0.2, 0.25) is 10.0 Å². The highest BCUT2D eigenvalue weighted by molar-refractivity contribution is 7.89. The zero-order chi connectivity index (χ0) is 15.6. The summed E-state index contributed by atoms with van der Waals surface area (Å²) in [6.45, 7) is 1.77. The highest BCUT2D eigenvalue weighted by atomic mass is 32.2. The van der Waals surface area contributed by atoms with E-state index < -0.39 is 22.7 Å². The van der Waals surface area contributed by atoms with Gasteiger partial charge in [-0.1, -0.05) is 6.92 Å². The predicted octanol–water partition coefficient (Wildman–Crippen LogP) is 2.35. The Morgan fingerprint density at radius 1 is 1.40 bits per heavy atom. The molecule has 1 aromatic heterocycles. The van der Waals surface area contributed by atoms with Crippen molar-refractivity contribution >= 4 is 21.4 Å². The first-order valence-corrected chi connectivity index (χ1v) is 8.18. The highest BCUT2D eigenvalue weighted by Gasteiger charge is 2.37. The number of hydrogen-bond donors (Lipinski definition) is 1. The third kappa shape index (κ3) is 4.18. The van der Waals surface area contributed by atoms with Crippen LogP contribution in [0.2, 0.25) is 0 Å². The second kappa shape index (κ2) is 6.42. The number of rotatable bonds is 6. The molecule has 1 N–H and O–H groups in total. The summed E-state index contributed by atoms with van der Waals surface area (Å²) in [5.41, 5.74) is 0. The van der Waals surface area contributed by atoms with Gasteiger partial charge in [-0.3, -0.25) is 0 Å². The molecule has 1 aromatic rings. The molecule has 4 nitrogen and oxygen atoms in total. The lowest BCUT2D eigenvalue weighted by molar-refractivity contribution is -0.135. The van der Waals surface area contributed by atoms with Crippen molar-refractivity contribution in [3.63, 3.8) is 0 Å². The number of nitrogens with zero attached hydrogens (tertiary/aromatic N) is 1. The van der Waals surface area contributed by atoms with Gasteiger partial charge in [0.05, 0.1) is 4.90 Å². The maximum absolute atomic E-state index is 12.5. The van der Waals surface area contributed by atoms with E-state index in [2.05, 4.69) is 5.32 Å². The number of halogens is 3. The van der Waals surface area contributed by atoms with Gasteiger partial charge in [0, 0.05) is 22.8 Å². The van der Waals surface area contributed by atoms with Crippen LogP contribution in [0.1, 0.15) is 16.7 Å². The van der Waals surface area contributed by atoms with Crippen molar-refractivity contribution in [2.75, 3.05) is 20.1 Å². The summed E-state index contributed by atoms with van der Waals surface area (Å²) in [6.07, 6.45) is -4.55. The second-order valence-electron chi connectivity index (χ2n) is 4.21. The Hall–Kier alpha value is -0.640. The van der Waals surface area contributed by atoms with E-state index in [0.29, 0.717) is 15.7 Å². The van der Waals surface area contributed by atoms with Gasteiger partial charge in [0.25, 0.3) is 0 Å². The molecule has 9 heteroatoms. The number of alkyl halides is 3. The third-order valence-corrected chi connectivity index (χ3v) is 5.83. The highest BCUT2D eigenvalue weighted by Crippen LogP contribution is 2.29. The molecule has 0 amide bonds. The molecule has 20 heavy (non-hydrogen) atoms. The Balaban J connectivity index is 3.14. The average molecular weight is 330 g/mol. The van der Waals surface area contributed by atoms with Crippen LogP contribution < -0.4 is 5.32 Å². The van der Waals surface area contributed by atoms with Gasteiger partial charge in [-0.15, -0.1) is 11.3 Å². The Morgan fingerprint density at radius 3 is 2.45 bits per heavy atom. The molecule has 0 atom stereocenters. The molecule has 0 aromatic carbocycles. The van der Waals surface area contributed by atoms with E-state index in [1.807, 2.05) is 0 Å². The molecule has 0 fully saturated rings. The van der Waals surface area contributed by atoms with Gasteiger partial charge in [-0.25, -0.2) is 8.42 Å². The largest absolute Gasteiger partial charge is 0.402 e. The van der Waals surface area contributed by atoms with Crippen molar-refractivity contribution in [3.8, 4) is 0 Å². The van der Waals surface area contributed by atoms with E-state index in [9.17, 15) is 21.6 Å². The monoisotopic (exact) mass is 330 g/mol. The topological polar surface area (TPSA) is 49.4 Å². The SMILES string of the molecule is CCN(CC(F)(F)F)S(=O)(=O)c1cc(CNC)sc1C. The number of aryl methyl sites for hydroxylation is 1. The predicted molar refractivity (Wildman–Crippen MR) is 72.3 cm³/mol. The van der Waals surface area contributed by atoms with E-state index in [0.717, 1.165) is 4.88 Å². The van der Waals surface area contributed by atoms with Crippen LogP contribution in [0, 0.1) is 6.92 Å². The number of sulfonamides is 1. The fourth-order valence-corrected chi connectivity index (χ4v) is 4.80. The fourth-order valence-electron chi connectivity index (χ4n) is 1.75. The van der Waals surface area contributed by atoms with Crippen molar-refractivity contribution in [3.05, 3.63) is 15.8 Å². The van der Waals surface area contributed by atoms with Crippen LogP contribution in [-0.2, 0) is 16.6 Å². The molecule has 1 rings (SSSR count). The van der Waals surface area contributed by atoms with E-state index in [-0.39, 0.29) is 11.4 Å². The van der Waals surface area contributed by atoms with Crippen molar-refractivity contribution in [2.45, 2.75) is 31.5 Å². The molecule has 116 valence electrons. The minimum Gasteiger partial charge on any atom is -0.315 e. The third-order valence-electron chi connectivity index (χ3n) is 2.60. The molecule has 0 radical (unpaired) electrons. The van der Waals surface area contributed by atoms with Crippen LogP contribution in [0.4, 0.5) is 13.2 Å². The first-order valence-electron chi connectivity index (χ1n) is 5.92. The van der Waals surface area contributed by atoms with Crippen LogP contribution in [-0.4, -0.2) is 39.0 Å². The first-order chi connectivity index (χ1) is 9.11. The van der Waals surface area contributed by atoms with Gasteiger partial charge in [-0.05, 0) is 20.0 Å². The summed E-state index contributed by atoms with van der Waals surface area (Å²) < 4.78 is 62.4. The second-order valence-corrected chi connectivity index (χ2v) is 7.46. The van der Waals surface area contributed by atoms with E-state index >= 15 is 0 Å². The smallest absolute Gasteiger partial charge is 0.315 e. The number of hydrogen-bond acceptors (Lipinski definition) is 4. The zero-order valence-corrected chi connectivity index (χ0v) is 13.0. The summed E-state index contributed by atoms with van der Waals surface area (Å²) in [5, 5.41) is 2.88. The van der Waals surface area contributed by atoms with Crippen LogP contribution in [0.25, 0.3) is 0 Å². The average Bonchev–Trinajstić information content (AvgIpc) is 2.67. The molecule has 0 aliphatic carbocycles. The maximum atomic E-state index is 12.5. The number of thiophene rings is 1. The van der Waals surface area contributed by atoms with Crippen LogP contribution in [0.3, 0.4) is 0 Å².